The molecule has 0 N–H and O–H groups in total. The highest BCUT2D eigenvalue weighted by atomic mass is 35.5. The van der Waals surface area contributed by atoms with Gasteiger partial charge in [0.15, 0.2) is 0 Å². The summed E-state index contributed by atoms with van der Waals surface area (Å²) in [4.78, 5) is 0. The van der Waals surface area contributed by atoms with Crippen molar-refractivity contribution in [2.75, 3.05) is 0 Å². The van der Waals surface area contributed by atoms with Gasteiger partial charge in [0.25, 0.3) is 0 Å². The Morgan fingerprint density at radius 2 is 1.80 bits per heavy atom. The summed E-state index contributed by atoms with van der Waals surface area (Å²) in [6.07, 6.45) is 1.85. The van der Waals surface area contributed by atoms with Gasteiger partial charge >= 0.3 is 0 Å². The first-order chi connectivity index (χ1) is 6.88. The third kappa shape index (κ3) is 4.90. The Morgan fingerprint density at radius 3 is 2.33 bits per heavy atom. The standard InChI is InChI=1S/C13H18Cl2/c1-13(2,3)9-11(14)8-10-6-4-5-7-12(10)15/h4-7,11H,8-9H2,1-3H3. The molecule has 0 saturated heterocycles. The van der Waals surface area contributed by atoms with Crippen molar-refractivity contribution < 1.29 is 0 Å². The lowest BCUT2D eigenvalue weighted by molar-refractivity contribution is 0.369. The molecule has 0 aromatic heterocycles. The first kappa shape index (κ1) is 12.9. The van der Waals surface area contributed by atoms with E-state index in [9.17, 15) is 0 Å². The van der Waals surface area contributed by atoms with Crippen LogP contribution in [0.1, 0.15) is 32.8 Å². The lowest BCUT2D eigenvalue weighted by Gasteiger charge is -2.22. The molecule has 0 bridgehead atoms. The van der Waals surface area contributed by atoms with Crippen LogP contribution >= 0.6 is 23.2 Å². The van der Waals surface area contributed by atoms with Crippen LogP contribution in [0.5, 0.6) is 0 Å². The third-order valence-electron chi connectivity index (χ3n) is 2.23. The van der Waals surface area contributed by atoms with Crippen molar-refractivity contribution in [1.29, 1.82) is 0 Å². The van der Waals surface area contributed by atoms with Gasteiger partial charge in [0.1, 0.15) is 0 Å². The second-order valence-corrected chi connectivity index (χ2v) is 6.18. The molecule has 1 aromatic carbocycles. The summed E-state index contributed by atoms with van der Waals surface area (Å²) in [6.45, 7) is 6.61. The van der Waals surface area contributed by atoms with E-state index in [1.807, 2.05) is 24.3 Å². The molecule has 0 aliphatic carbocycles. The van der Waals surface area contributed by atoms with Crippen molar-refractivity contribution in [3.8, 4) is 0 Å². The summed E-state index contributed by atoms with van der Waals surface area (Å²) in [7, 11) is 0. The maximum absolute atomic E-state index is 6.31. The van der Waals surface area contributed by atoms with E-state index in [4.69, 9.17) is 23.2 Å². The van der Waals surface area contributed by atoms with E-state index in [0.717, 1.165) is 23.4 Å². The molecule has 0 nitrogen and oxygen atoms in total. The van der Waals surface area contributed by atoms with Crippen molar-refractivity contribution in [3.63, 3.8) is 0 Å². The van der Waals surface area contributed by atoms with E-state index in [-0.39, 0.29) is 10.8 Å². The Balaban J connectivity index is 2.59. The minimum absolute atomic E-state index is 0.157. The molecule has 0 fully saturated rings. The molecule has 0 amide bonds. The van der Waals surface area contributed by atoms with Gasteiger partial charge in [-0.1, -0.05) is 50.6 Å². The molecule has 1 atom stereocenters. The highest BCUT2D eigenvalue weighted by Crippen LogP contribution is 2.27. The number of hydrogen-bond donors (Lipinski definition) is 0. The molecule has 0 aliphatic heterocycles. The molecule has 1 aromatic rings. The first-order valence-corrected chi connectivity index (χ1v) is 6.07. The van der Waals surface area contributed by atoms with Gasteiger partial charge in [-0.3, -0.25) is 0 Å². The predicted molar refractivity (Wildman–Crippen MR) is 68.9 cm³/mol. The fraction of sp³-hybridized carbons (Fsp3) is 0.538. The second-order valence-electron chi connectivity index (χ2n) is 5.16. The van der Waals surface area contributed by atoms with Crippen LogP contribution in [0.15, 0.2) is 24.3 Å². The molecule has 0 radical (unpaired) electrons. The molecule has 0 spiro atoms. The highest BCUT2D eigenvalue weighted by molar-refractivity contribution is 6.31. The van der Waals surface area contributed by atoms with Gasteiger partial charge in [-0.2, -0.15) is 0 Å². The minimum Gasteiger partial charge on any atom is -0.123 e. The summed E-state index contributed by atoms with van der Waals surface area (Å²) in [6, 6.07) is 7.90. The Hall–Kier alpha value is -0.200. The summed E-state index contributed by atoms with van der Waals surface area (Å²) in [5, 5.41) is 0.974. The SMILES string of the molecule is CC(C)(C)CC(Cl)Cc1ccccc1Cl. The number of halogens is 2. The molecular weight excluding hydrogens is 227 g/mol. The number of benzene rings is 1. The van der Waals surface area contributed by atoms with E-state index >= 15 is 0 Å². The van der Waals surface area contributed by atoms with E-state index in [1.165, 1.54) is 0 Å². The average molecular weight is 245 g/mol. The van der Waals surface area contributed by atoms with E-state index in [0.29, 0.717) is 0 Å². The Labute approximate surface area is 103 Å². The van der Waals surface area contributed by atoms with Gasteiger partial charge in [0.2, 0.25) is 0 Å². The maximum Gasteiger partial charge on any atom is 0.0438 e. The van der Waals surface area contributed by atoms with Crippen molar-refractivity contribution in [3.05, 3.63) is 34.9 Å². The van der Waals surface area contributed by atoms with Crippen LogP contribution < -0.4 is 0 Å². The van der Waals surface area contributed by atoms with Crippen LogP contribution in [-0.4, -0.2) is 5.38 Å². The third-order valence-corrected chi connectivity index (χ3v) is 2.91. The molecule has 0 heterocycles. The number of alkyl halides is 1. The average Bonchev–Trinajstić information content (AvgIpc) is 2.05. The van der Waals surface area contributed by atoms with Gasteiger partial charge in [-0.25, -0.2) is 0 Å². The lowest BCUT2D eigenvalue weighted by Crippen LogP contribution is -2.15. The first-order valence-electron chi connectivity index (χ1n) is 5.26. The molecule has 0 saturated carbocycles. The molecule has 15 heavy (non-hydrogen) atoms. The van der Waals surface area contributed by atoms with E-state index in [1.54, 1.807) is 0 Å². The van der Waals surface area contributed by atoms with Gasteiger partial charge in [-0.15, -0.1) is 11.6 Å². The van der Waals surface area contributed by atoms with Crippen LogP contribution in [0.2, 0.25) is 5.02 Å². The Morgan fingerprint density at radius 1 is 1.20 bits per heavy atom. The van der Waals surface area contributed by atoms with E-state index < -0.39 is 0 Å². The van der Waals surface area contributed by atoms with Crippen molar-refractivity contribution in [2.24, 2.45) is 5.41 Å². The zero-order chi connectivity index (χ0) is 11.5. The molecule has 1 unspecified atom stereocenters. The smallest absolute Gasteiger partial charge is 0.0438 e. The lowest BCUT2D eigenvalue weighted by atomic mass is 9.88. The quantitative estimate of drug-likeness (QED) is 0.662. The van der Waals surface area contributed by atoms with Gasteiger partial charge in [-0.05, 0) is 29.9 Å². The molecular formula is C13H18Cl2. The Bertz CT molecular complexity index is 313. The van der Waals surface area contributed by atoms with E-state index in [2.05, 4.69) is 20.8 Å². The van der Waals surface area contributed by atoms with Gasteiger partial charge < -0.3 is 0 Å². The van der Waals surface area contributed by atoms with Gasteiger partial charge in [0, 0.05) is 10.4 Å². The highest BCUT2D eigenvalue weighted by Gasteiger charge is 2.17. The Kier molecular flexibility index (Phi) is 4.48. The van der Waals surface area contributed by atoms with Crippen LogP contribution in [0.4, 0.5) is 0 Å². The zero-order valence-electron chi connectivity index (χ0n) is 9.56. The summed E-state index contributed by atoms with van der Waals surface area (Å²) in [5.41, 5.74) is 1.41. The van der Waals surface area contributed by atoms with Gasteiger partial charge in [0.05, 0.1) is 0 Å². The van der Waals surface area contributed by atoms with Crippen molar-refractivity contribution >= 4 is 23.2 Å². The summed E-state index contributed by atoms with van der Waals surface area (Å²) < 4.78 is 0. The van der Waals surface area contributed by atoms with Crippen LogP contribution in [0.25, 0.3) is 0 Å². The fourth-order valence-corrected chi connectivity index (χ4v) is 2.48. The fourth-order valence-electron chi connectivity index (χ4n) is 1.64. The maximum atomic E-state index is 6.31. The van der Waals surface area contributed by atoms with Crippen molar-refractivity contribution in [2.45, 2.75) is 39.0 Å². The monoisotopic (exact) mass is 244 g/mol. The predicted octanol–water partition coefficient (Wildman–Crippen LogP) is 4.93. The largest absolute Gasteiger partial charge is 0.123 e. The number of hydrogen-bond acceptors (Lipinski definition) is 0. The van der Waals surface area contributed by atoms with Crippen molar-refractivity contribution in [1.82, 2.24) is 0 Å². The summed E-state index contributed by atoms with van der Waals surface area (Å²) >= 11 is 12.4. The molecule has 2 heteroatoms. The number of rotatable bonds is 3. The summed E-state index contributed by atoms with van der Waals surface area (Å²) in [5.74, 6) is 0. The molecule has 0 aliphatic rings. The van der Waals surface area contributed by atoms with Crippen LogP contribution in [0.3, 0.4) is 0 Å². The topological polar surface area (TPSA) is 0 Å². The normalized spacial score (nSPS) is 13.9. The van der Waals surface area contributed by atoms with Crippen LogP contribution in [-0.2, 0) is 6.42 Å². The minimum atomic E-state index is 0.157. The van der Waals surface area contributed by atoms with Crippen LogP contribution in [0, 0.1) is 5.41 Å². The second kappa shape index (κ2) is 5.23. The zero-order valence-corrected chi connectivity index (χ0v) is 11.1. The molecule has 1 rings (SSSR count). The molecule has 84 valence electrons.